The molecule has 0 bridgehead atoms. The van der Waals surface area contributed by atoms with Gasteiger partial charge in [-0.1, -0.05) is 29.8 Å². The summed E-state index contributed by atoms with van der Waals surface area (Å²) >= 11 is 0. The molecule has 1 amide bonds. The van der Waals surface area contributed by atoms with Crippen molar-refractivity contribution in [1.82, 2.24) is 0 Å². The highest BCUT2D eigenvalue weighted by Crippen LogP contribution is 2.16. The van der Waals surface area contributed by atoms with Gasteiger partial charge in [-0.25, -0.2) is 4.39 Å². The number of aryl methyl sites for hydroxylation is 2. The second-order valence-electron chi connectivity index (χ2n) is 4.84. The second-order valence-corrected chi connectivity index (χ2v) is 4.84. The van der Waals surface area contributed by atoms with Crippen LogP contribution in [0.2, 0.25) is 0 Å². The summed E-state index contributed by atoms with van der Waals surface area (Å²) in [5.41, 5.74) is 2.70. The summed E-state index contributed by atoms with van der Waals surface area (Å²) in [6, 6.07) is 13.6. The first-order valence-corrected chi connectivity index (χ1v) is 6.63. The Kier molecular flexibility index (Phi) is 4.68. The molecule has 2 aromatic rings. The Hall–Kier alpha value is -2.67. The molecule has 0 fully saturated rings. The van der Waals surface area contributed by atoms with Crippen LogP contribution in [0.5, 0.6) is 0 Å². The summed E-state index contributed by atoms with van der Waals surface area (Å²) in [4.78, 5) is 11.9. The summed E-state index contributed by atoms with van der Waals surface area (Å²) in [7, 11) is 0. The number of hydrogen-bond donors (Lipinski definition) is 1. The van der Waals surface area contributed by atoms with E-state index in [-0.39, 0.29) is 11.5 Å². The van der Waals surface area contributed by atoms with Gasteiger partial charge < -0.3 is 5.32 Å². The highest BCUT2D eigenvalue weighted by atomic mass is 19.1. The van der Waals surface area contributed by atoms with Crippen molar-refractivity contribution in [1.29, 1.82) is 5.26 Å². The van der Waals surface area contributed by atoms with Gasteiger partial charge in [-0.3, -0.25) is 4.79 Å². The minimum atomic E-state index is -0.496. The monoisotopic (exact) mass is 282 g/mol. The standard InChI is InChI=1S/C17H15FN2O/c1-12-3-2-4-13(9-12)5-8-17(21)20-16-7-6-15(18)10-14(16)11-19/h2-4,6-7,9-10H,5,8H2,1H3,(H,20,21). The van der Waals surface area contributed by atoms with Gasteiger partial charge in [0.05, 0.1) is 11.3 Å². The molecular weight excluding hydrogens is 267 g/mol. The number of hydrogen-bond acceptors (Lipinski definition) is 2. The van der Waals surface area contributed by atoms with Crippen molar-refractivity contribution in [2.75, 3.05) is 5.32 Å². The average Bonchev–Trinajstić information content (AvgIpc) is 2.47. The first kappa shape index (κ1) is 14.7. The van der Waals surface area contributed by atoms with Gasteiger partial charge in [-0.05, 0) is 37.1 Å². The van der Waals surface area contributed by atoms with Crippen molar-refractivity contribution in [2.24, 2.45) is 0 Å². The molecule has 106 valence electrons. The molecule has 0 radical (unpaired) electrons. The van der Waals surface area contributed by atoms with Crippen LogP contribution in [0.15, 0.2) is 42.5 Å². The Labute approximate surface area is 123 Å². The number of amides is 1. The number of halogens is 1. The largest absolute Gasteiger partial charge is 0.325 e. The number of nitriles is 1. The Morgan fingerprint density at radius 2 is 2.10 bits per heavy atom. The van der Waals surface area contributed by atoms with Gasteiger partial charge in [0.15, 0.2) is 0 Å². The first-order chi connectivity index (χ1) is 10.1. The van der Waals surface area contributed by atoms with Gasteiger partial charge in [0.2, 0.25) is 5.91 Å². The van der Waals surface area contributed by atoms with E-state index in [9.17, 15) is 9.18 Å². The lowest BCUT2D eigenvalue weighted by Gasteiger charge is -2.07. The fourth-order valence-corrected chi connectivity index (χ4v) is 2.06. The molecule has 0 spiro atoms. The zero-order valence-corrected chi connectivity index (χ0v) is 11.7. The van der Waals surface area contributed by atoms with E-state index < -0.39 is 5.82 Å². The van der Waals surface area contributed by atoms with Crippen LogP contribution in [0.25, 0.3) is 0 Å². The Morgan fingerprint density at radius 1 is 1.29 bits per heavy atom. The third-order valence-corrected chi connectivity index (χ3v) is 3.10. The highest BCUT2D eigenvalue weighted by Gasteiger charge is 2.08. The summed E-state index contributed by atoms with van der Waals surface area (Å²) in [6.07, 6.45) is 0.933. The van der Waals surface area contributed by atoms with Crippen LogP contribution in [-0.4, -0.2) is 5.91 Å². The lowest BCUT2D eigenvalue weighted by Crippen LogP contribution is -2.13. The van der Waals surface area contributed by atoms with Crippen LogP contribution in [-0.2, 0) is 11.2 Å². The van der Waals surface area contributed by atoms with Gasteiger partial charge >= 0.3 is 0 Å². The van der Waals surface area contributed by atoms with Crippen molar-refractivity contribution in [3.8, 4) is 6.07 Å². The first-order valence-electron chi connectivity index (χ1n) is 6.63. The highest BCUT2D eigenvalue weighted by molar-refractivity contribution is 5.92. The minimum absolute atomic E-state index is 0.124. The number of rotatable bonds is 4. The van der Waals surface area contributed by atoms with Gasteiger partial charge in [0.25, 0.3) is 0 Å². The van der Waals surface area contributed by atoms with Gasteiger partial charge in [0.1, 0.15) is 11.9 Å². The molecule has 0 aliphatic heterocycles. The molecule has 0 unspecified atom stereocenters. The third-order valence-electron chi connectivity index (χ3n) is 3.10. The molecule has 21 heavy (non-hydrogen) atoms. The quantitative estimate of drug-likeness (QED) is 0.932. The Bertz CT molecular complexity index is 704. The maximum absolute atomic E-state index is 13.0. The number of anilines is 1. The maximum atomic E-state index is 13.0. The summed E-state index contributed by atoms with van der Waals surface area (Å²) in [6.45, 7) is 2.00. The molecule has 0 aliphatic carbocycles. The fourth-order valence-electron chi connectivity index (χ4n) is 2.06. The van der Waals surface area contributed by atoms with Gasteiger partial charge in [0, 0.05) is 6.42 Å². The van der Waals surface area contributed by atoms with Crippen molar-refractivity contribution in [2.45, 2.75) is 19.8 Å². The zero-order valence-electron chi connectivity index (χ0n) is 11.7. The van der Waals surface area contributed by atoms with Crippen molar-refractivity contribution < 1.29 is 9.18 Å². The Balaban J connectivity index is 1.98. The molecule has 3 nitrogen and oxygen atoms in total. The molecule has 1 N–H and O–H groups in total. The molecule has 0 saturated carbocycles. The van der Waals surface area contributed by atoms with E-state index in [0.29, 0.717) is 18.5 Å². The molecule has 0 atom stereocenters. The molecule has 2 aromatic carbocycles. The smallest absolute Gasteiger partial charge is 0.224 e. The number of carbonyl (C=O) groups excluding carboxylic acids is 1. The average molecular weight is 282 g/mol. The van der Waals surface area contributed by atoms with Crippen LogP contribution >= 0.6 is 0 Å². The second kappa shape index (κ2) is 6.67. The van der Waals surface area contributed by atoms with Crippen molar-refractivity contribution in [3.05, 3.63) is 65.0 Å². The van der Waals surface area contributed by atoms with Gasteiger partial charge in [-0.15, -0.1) is 0 Å². The fraction of sp³-hybridized carbons (Fsp3) is 0.176. The van der Waals surface area contributed by atoms with Crippen molar-refractivity contribution >= 4 is 11.6 Å². The molecule has 4 heteroatoms. The van der Waals surface area contributed by atoms with E-state index in [1.165, 1.54) is 12.1 Å². The normalized spacial score (nSPS) is 9.95. The molecule has 0 saturated heterocycles. The number of nitrogens with zero attached hydrogens (tertiary/aromatic N) is 1. The molecule has 0 heterocycles. The maximum Gasteiger partial charge on any atom is 0.224 e. The summed E-state index contributed by atoms with van der Waals surface area (Å²) in [5, 5.41) is 11.6. The third kappa shape index (κ3) is 4.15. The van der Waals surface area contributed by atoms with E-state index in [4.69, 9.17) is 5.26 Å². The lowest BCUT2D eigenvalue weighted by atomic mass is 10.1. The summed E-state index contributed by atoms with van der Waals surface area (Å²) < 4.78 is 13.0. The van der Waals surface area contributed by atoms with E-state index in [1.54, 1.807) is 0 Å². The van der Waals surface area contributed by atoms with Crippen LogP contribution in [0.1, 0.15) is 23.1 Å². The zero-order chi connectivity index (χ0) is 15.2. The Morgan fingerprint density at radius 3 is 2.81 bits per heavy atom. The van der Waals surface area contributed by atoms with E-state index in [1.807, 2.05) is 37.3 Å². The topological polar surface area (TPSA) is 52.9 Å². The van der Waals surface area contributed by atoms with Crippen LogP contribution in [0, 0.1) is 24.1 Å². The SMILES string of the molecule is Cc1cccc(CCC(=O)Nc2ccc(F)cc2C#N)c1. The lowest BCUT2D eigenvalue weighted by molar-refractivity contribution is -0.116. The van der Waals surface area contributed by atoms with Crippen LogP contribution < -0.4 is 5.32 Å². The van der Waals surface area contributed by atoms with E-state index in [2.05, 4.69) is 5.32 Å². The minimum Gasteiger partial charge on any atom is -0.325 e. The predicted octanol–water partition coefficient (Wildman–Crippen LogP) is 3.58. The van der Waals surface area contributed by atoms with Crippen LogP contribution in [0.3, 0.4) is 0 Å². The molecule has 0 aliphatic rings. The molecule has 2 rings (SSSR count). The number of carbonyl (C=O) groups is 1. The van der Waals surface area contributed by atoms with E-state index in [0.717, 1.165) is 17.2 Å². The van der Waals surface area contributed by atoms with Crippen LogP contribution in [0.4, 0.5) is 10.1 Å². The summed E-state index contributed by atoms with van der Waals surface area (Å²) in [5.74, 6) is -0.691. The molecular formula is C17H15FN2O. The van der Waals surface area contributed by atoms with E-state index >= 15 is 0 Å². The number of benzene rings is 2. The predicted molar refractivity (Wildman–Crippen MR) is 79.2 cm³/mol. The van der Waals surface area contributed by atoms with Crippen molar-refractivity contribution in [3.63, 3.8) is 0 Å². The van der Waals surface area contributed by atoms with Gasteiger partial charge in [-0.2, -0.15) is 5.26 Å². The molecule has 0 aromatic heterocycles. The number of nitrogens with one attached hydrogen (secondary N) is 1.